The molecule has 0 saturated carbocycles. The smallest absolute Gasteiger partial charge is 0.565 e. The number of aromatic nitrogens is 2. The van der Waals surface area contributed by atoms with E-state index in [2.05, 4.69) is 30.6 Å². The number of carbonyl (C=O) groups is 1. The van der Waals surface area contributed by atoms with Gasteiger partial charge in [0, 0.05) is 0 Å². The average molecular weight is 350 g/mol. The van der Waals surface area contributed by atoms with Crippen LogP contribution in [0.5, 0.6) is 0 Å². The molecule has 0 amide bonds. The number of rotatable bonds is 0. The van der Waals surface area contributed by atoms with Crippen LogP contribution in [0.4, 0.5) is 4.79 Å². The van der Waals surface area contributed by atoms with Crippen LogP contribution in [-0.4, -0.2) is 21.4 Å². The summed E-state index contributed by atoms with van der Waals surface area (Å²) in [5.41, 5.74) is 0. The van der Waals surface area contributed by atoms with E-state index in [1.807, 2.05) is 0 Å². The van der Waals surface area contributed by atoms with Gasteiger partial charge < -0.3 is 19.5 Å². The summed E-state index contributed by atoms with van der Waals surface area (Å²) in [4.78, 5) is 12.1. The minimum atomic E-state index is -2.08. The predicted octanol–water partition coefficient (Wildman–Crippen LogP) is -1.45. The first kappa shape index (κ1) is 18.1. The average Bonchev–Trinajstić information content (AvgIpc) is 2.32. The second-order valence-corrected chi connectivity index (χ2v) is 4.62. The molecule has 15 heavy (non-hydrogen) atoms. The molecule has 0 radical (unpaired) electrons. The maximum atomic E-state index is 8.44. The first-order valence-electron chi connectivity index (χ1n) is 2.70. The van der Waals surface area contributed by atoms with Crippen molar-refractivity contribution < 1.29 is 49.1 Å². The molecular weight excluding hydrogens is 349 g/mol. The molecule has 0 atom stereocenters. The van der Waals surface area contributed by atoms with Gasteiger partial charge in [-0.3, -0.25) is 0 Å². The van der Waals surface area contributed by atoms with E-state index in [-0.39, 0.29) is 40.2 Å². The van der Waals surface area contributed by atoms with Crippen LogP contribution in [-0.2, 0) is 3.79 Å². The molecule has 11 heteroatoms. The van der Waals surface area contributed by atoms with Crippen molar-refractivity contribution in [2.75, 3.05) is 0 Å². The molecule has 0 unspecified atom stereocenters. The summed E-state index contributed by atoms with van der Waals surface area (Å²) >= 11 is 19.1. The van der Waals surface area contributed by atoms with Crippen LogP contribution in [0.25, 0.3) is 0 Å². The fraction of sp³-hybridized carbons (Fsp3) is 0.250. The normalized spacial score (nSPS) is 9.60. The van der Waals surface area contributed by atoms with Crippen LogP contribution in [0.3, 0.4) is 0 Å². The molecule has 0 aliphatic rings. The Labute approximate surface area is 129 Å². The number of nitrogens with zero attached hydrogens (tertiary/aromatic N) is 2. The summed E-state index contributed by atoms with van der Waals surface area (Å²) in [6, 6.07) is 0. The van der Waals surface area contributed by atoms with Gasteiger partial charge in [0.25, 0.3) is 9.68 Å². The SMILES string of the molecule is ClC(Cl)(Cl)c1nc(Br)no1.O=C([O-])O.[Na+]. The van der Waals surface area contributed by atoms with Gasteiger partial charge in [-0.15, -0.1) is 0 Å². The van der Waals surface area contributed by atoms with Gasteiger partial charge in [-0.05, 0) is 21.1 Å². The van der Waals surface area contributed by atoms with E-state index in [1.54, 1.807) is 0 Å². The Balaban J connectivity index is 0. The van der Waals surface area contributed by atoms with Crippen molar-refractivity contribution in [3.63, 3.8) is 0 Å². The molecule has 0 aliphatic heterocycles. The van der Waals surface area contributed by atoms with Crippen LogP contribution in [0, 0.1) is 0 Å². The van der Waals surface area contributed by atoms with Crippen molar-refractivity contribution in [3.05, 3.63) is 10.6 Å². The Bertz CT molecular complexity index is 313. The zero-order valence-electron chi connectivity index (χ0n) is 7.08. The monoisotopic (exact) mass is 348 g/mol. The topological polar surface area (TPSA) is 99.3 Å². The quantitative estimate of drug-likeness (QED) is 0.454. The summed E-state index contributed by atoms with van der Waals surface area (Å²) < 4.78 is 3.14. The summed E-state index contributed by atoms with van der Waals surface area (Å²) in [6.45, 7) is 0. The largest absolute Gasteiger partial charge is 1.00 e. The fourth-order valence-corrected chi connectivity index (χ4v) is 0.784. The van der Waals surface area contributed by atoms with Crippen molar-refractivity contribution in [3.8, 4) is 0 Å². The van der Waals surface area contributed by atoms with Crippen molar-refractivity contribution in [1.29, 1.82) is 0 Å². The van der Waals surface area contributed by atoms with E-state index in [9.17, 15) is 0 Å². The maximum Gasteiger partial charge on any atom is 1.00 e. The molecule has 80 valence electrons. The molecule has 0 aliphatic carbocycles. The van der Waals surface area contributed by atoms with E-state index in [0.29, 0.717) is 0 Å². The van der Waals surface area contributed by atoms with E-state index >= 15 is 0 Å². The Kier molecular flexibility index (Phi) is 9.60. The van der Waals surface area contributed by atoms with Crippen molar-refractivity contribution >= 4 is 56.9 Å². The Morgan fingerprint density at radius 3 is 2.07 bits per heavy atom. The van der Waals surface area contributed by atoms with Gasteiger partial charge in [-0.2, -0.15) is 4.98 Å². The fourth-order valence-electron chi connectivity index (χ4n) is 0.321. The molecule has 1 aromatic heterocycles. The first-order valence-corrected chi connectivity index (χ1v) is 4.62. The zero-order valence-corrected chi connectivity index (χ0v) is 12.9. The van der Waals surface area contributed by atoms with Crippen LogP contribution >= 0.6 is 50.7 Å². The summed E-state index contributed by atoms with van der Waals surface area (Å²) in [6.07, 6.45) is -2.08. The standard InChI is InChI=1S/C3BrCl3N2O.CH2O3.Na/c4-2-8-1(10-9-2)3(5,6)7;2-1(3)4;/h;(H2,2,3,4);/q;;+1/p-1. The van der Waals surface area contributed by atoms with E-state index in [4.69, 9.17) is 49.8 Å². The van der Waals surface area contributed by atoms with E-state index < -0.39 is 9.95 Å². The third-order valence-electron chi connectivity index (χ3n) is 0.644. The third kappa shape index (κ3) is 9.68. The van der Waals surface area contributed by atoms with Gasteiger partial charge in [0.05, 0.1) is 0 Å². The third-order valence-corrected chi connectivity index (χ3v) is 1.45. The molecule has 0 spiro atoms. The van der Waals surface area contributed by atoms with Gasteiger partial charge in [-0.1, -0.05) is 34.8 Å². The zero-order chi connectivity index (χ0) is 11.4. The Morgan fingerprint density at radius 1 is 1.53 bits per heavy atom. The van der Waals surface area contributed by atoms with Gasteiger partial charge in [0.1, 0.15) is 0 Å². The molecule has 0 saturated heterocycles. The number of alkyl halides is 3. The van der Waals surface area contributed by atoms with E-state index in [1.165, 1.54) is 0 Å². The molecule has 0 bridgehead atoms. The Morgan fingerprint density at radius 2 is 1.93 bits per heavy atom. The van der Waals surface area contributed by atoms with Gasteiger partial charge in [0.2, 0.25) is 10.9 Å². The minimum Gasteiger partial charge on any atom is -0.565 e. The van der Waals surface area contributed by atoms with Gasteiger partial charge in [0.15, 0.2) is 0 Å². The molecule has 0 fully saturated rings. The van der Waals surface area contributed by atoms with Gasteiger partial charge >= 0.3 is 29.6 Å². The summed E-state index contributed by atoms with van der Waals surface area (Å²) in [7, 11) is 0. The second kappa shape index (κ2) is 7.94. The minimum absolute atomic E-state index is 0. The predicted molar refractivity (Wildman–Crippen MR) is 49.3 cm³/mol. The Hall–Kier alpha value is 0.760. The second-order valence-electron chi connectivity index (χ2n) is 1.63. The molecule has 1 N–H and O–H groups in total. The maximum absolute atomic E-state index is 8.44. The molecule has 6 nitrogen and oxygen atoms in total. The molecular formula is C4HBrCl3N2NaO4. The van der Waals surface area contributed by atoms with Crippen molar-refractivity contribution in [1.82, 2.24) is 10.1 Å². The van der Waals surface area contributed by atoms with Crippen molar-refractivity contribution in [2.45, 2.75) is 3.79 Å². The number of halogens is 4. The summed E-state index contributed by atoms with van der Waals surface area (Å²) in [5.74, 6) is -0.0515. The van der Waals surface area contributed by atoms with Crippen LogP contribution < -0.4 is 34.7 Å². The van der Waals surface area contributed by atoms with Crippen LogP contribution in [0.15, 0.2) is 9.26 Å². The van der Waals surface area contributed by atoms with Crippen molar-refractivity contribution in [2.24, 2.45) is 0 Å². The molecule has 0 aromatic carbocycles. The van der Waals surface area contributed by atoms with Crippen LogP contribution in [0.1, 0.15) is 5.89 Å². The molecule has 1 aromatic rings. The van der Waals surface area contributed by atoms with Crippen LogP contribution in [0.2, 0.25) is 0 Å². The number of carboxylic acid groups (broad SMARTS) is 2. The van der Waals surface area contributed by atoms with E-state index in [0.717, 1.165) is 0 Å². The molecule has 1 rings (SSSR count). The van der Waals surface area contributed by atoms with Gasteiger partial charge in [-0.25, -0.2) is 0 Å². The number of hydrogen-bond donors (Lipinski definition) is 1. The first-order chi connectivity index (χ1) is 6.23. The summed E-state index contributed by atoms with van der Waals surface area (Å²) in [5, 5.41) is 18.7. The number of hydrogen-bond acceptors (Lipinski definition) is 5. The molecule has 1 heterocycles.